The smallest absolute Gasteiger partial charge is 0.263 e. The minimum Gasteiger partial charge on any atom is -0.492 e. The third kappa shape index (κ3) is 4.37. The van der Waals surface area contributed by atoms with E-state index in [0.29, 0.717) is 34.8 Å². The fourth-order valence-electron chi connectivity index (χ4n) is 3.86. The zero-order valence-corrected chi connectivity index (χ0v) is 18.8. The summed E-state index contributed by atoms with van der Waals surface area (Å²) in [5, 5.41) is 3.29. The van der Waals surface area contributed by atoms with Crippen LogP contribution in [-0.4, -0.2) is 26.6 Å². The first kappa shape index (κ1) is 22.3. The van der Waals surface area contributed by atoms with Gasteiger partial charge in [-0.2, -0.15) is 0 Å². The average Bonchev–Trinajstić information content (AvgIpc) is 3.05. The maximum absolute atomic E-state index is 13.8. The van der Waals surface area contributed by atoms with Gasteiger partial charge in [-0.15, -0.1) is 0 Å². The summed E-state index contributed by atoms with van der Waals surface area (Å²) < 4.78 is 22.5. The van der Waals surface area contributed by atoms with Crippen molar-refractivity contribution < 1.29 is 13.9 Å². The first-order chi connectivity index (χ1) is 15.9. The van der Waals surface area contributed by atoms with Crippen molar-refractivity contribution in [1.82, 2.24) is 14.1 Å². The van der Waals surface area contributed by atoms with E-state index in [4.69, 9.17) is 4.74 Å². The van der Waals surface area contributed by atoms with Crippen LogP contribution in [0.3, 0.4) is 0 Å². The van der Waals surface area contributed by atoms with Gasteiger partial charge in [0.2, 0.25) is 5.91 Å². The van der Waals surface area contributed by atoms with Gasteiger partial charge in [-0.05, 0) is 56.7 Å². The molecule has 2 aromatic carbocycles. The van der Waals surface area contributed by atoms with E-state index in [1.54, 1.807) is 28.8 Å². The van der Waals surface area contributed by atoms with E-state index in [-0.39, 0.29) is 30.2 Å². The second-order valence-corrected chi connectivity index (χ2v) is 7.69. The molecule has 170 valence electrons. The zero-order valence-electron chi connectivity index (χ0n) is 18.8. The Bertz CT molecular complexity index is 1390. The molecule has 0 aliphatic carbocycles. The van der Waals surface area contributed by atoms with Crippen molar-refractivity contribution in [2.24, 2.45) is 0 Å². The van der Waals surface area contributed by atoms with Gasteiger partial charge in [-0.1, -0.05) is 18.2 Å². The summed E-state index contributed by atoms with van der Waals surface area (Å²) in [4.78, 5) is 30.2. The lowest BCUT2D eigenvalue weighted by molar-refractivity contribution is -0.116. The number of hydrogen-bond donors (Lipinski definition) is 1. The summed E-state index contributed by atoms with van der Waals surface area (Å²) in [5.41, 5.74) is 3.00. The minimum atomic E-state index is -0.364. The predicted octanol–water partition coefficient (Wildman–Crippen LogP) is 4.37. The number of rotatable bonds is 7. The molecule has 4 rings (SSSR count). The number of hydrogen-bond acceptors (Lipinski definition) is 4. The van der Waals surface area contributed by atoms with Crippen LogP contribution in [0.2, 0.25) is 0 Å². The Morgan fingerprint density at radius 2 is 1.94 bits per heavy atom. The number of aromatic nitrogens is 3. The Kier molecular flexibility index (Phi) is 6.26. The van der Waals surface area contributed by atoms with Gasteiger partial charge in [0.05, 0.1) is 29.7 Å². The monoisotopic (exact) mass is 448 g/mol. The van der Waals surface area contributed by atoms with Crippen LogP contribution in [0.15, 0.2) is 59.7 Å². The third-order valence-corrected chi connectivity index (χ3v) is 5.59. The molecule has 0 fully saturated rings. The standard InChI is InChI=1S/C25H25FN4O3/c1-4-33-21-11-6-5-10-20(21)28-22(31)12-13-29-15-27-24-23(25(29)32)16(2)17(3)30(24)19-9-7-8-18(26)14-19/h5-11,14-15H,4,12-13H2,1-3H3,(H,28,31). The number of aryl methyl sites for hydroxylation is 2. The van der Waals surface area contributed by atoms with E-state index < -0.39 is 0 Å². The van der Waals surface area contributed by atoms with Crippen molar-refractivity contribution in [3.05, 3.63) is 82.3 Å². The Morgan fingerprint density at radius 3 is 2.70 bits per heavy atom. The molecule has 0 aliphatic rings. The number of carbonyl (C=O) groups is 1. The summed E-state index contributed by atoms with van der Waals surface area (Å²) in [7, 11) is 0. The predicted molar refractivity (Wildman–Crippen MR) is 126 cm³/mol. The Balaban J connectivity index is 1.59. The molecule has 33 heavy (non-hydrogen) atoms. The largest absolute Gasteiger partial charge is 0.492 e. The van der Waals surface area contributed by atoms with Crippen molar-refractivity contribution in [2.75, 3.05) is 11.9 Å². The van der Waals surface area contributed by atoms with Gasteiger partial charge in [0.1, 0.15) is 11.6 Å². The van der Waals surface area contributed by atoms with Gasteiger partial charge in [0.15, 0.2) is 5.65 Å². The van der Waals surface area contributed by atoms with Crippen LogP contribution in [0.1, 0.15) is 24.6 Å². The lowest BCUT2D eigenvalue weighted by Gasteiger charge is -2.12. The molecule has 4 aromatic rings. The van der Waals surface area contributed by atoms with Crippen LogP contribution in [0, 0.1) is 19.7 Å². The highest BCUT2D eigenvalue weighted by molar-refractivity contribution is 5.92. The molecule has 8 heteroatoms. The van der Waals surface area contributed by atoms with Crippen molar-refractivity contribution in [3.8, 4) is 11.4 Å². The average molecular weight is 448 g/mol. The first-order valence-electron chi connectivity index (χ1n) is 10.8. The number of amides is 1. The minimum absolute atomic E-state index is 0.0934. The summed E-state index contributed by atoms with van der Waals surface area (Å²) in [5.74, 6) is -0.00515. The molecule has 0 radical (unpaired) electrons. The summed E-state index contributed by atoms with van der Waals surface area (Å²) in [6.07, 6.45) is 1.52. The van der Waals surface area contributed by atoms with Gasteiger partial charge in [-0.3, -0.25) is 18.7 Å². The fourth-order valence-corrected chi connectivity index (χ4v) is 3.86. The normalized spacial score (nSPS) is 11.0. The molecule has 0 spiro atoms. The highest BCUT2D eigenvalue weighted by Gasteiger charge is 2.18. The third-order valence-electron chi connectivity index (χ3n) is 5.59. The molecule has 2 heterocycles. The van der Waals surface area contributed by atoms with Crippen molar-refractivity contribution in [1.29, 1.82) is 0 Å². The SMILES string of the molecule is CCOc1ccccc1NC(=O)CCn1cnc2c(c(C)c(C)n2-c2cccc(F)c2)c1=O. The van der Waals surface area contributed by atoms with Crippen molar-refractivity contribution in [3.63, 3.8) is 0 Å². The molecule has 1 N–H and O–H groups in total. The van der Waals surface area contributed by atoms with Gasteiger partial charge < -0.3 is 10.1 Å². The lowest BCUT2D eigenvalue weighted by Crippen LogP contribution is -2.24. The Hall–Kier alpha value is -3.94. The first-order valence-corrected chi connectivity index (χ1v) is 10.8. The highest BCUT2D eigenvalue weighted by atomic mass is 19.1. The molecule has 2 aromatic heterocycles. The van der Waals surface area contributed by atoms with E-state index in [9.17, 15) is 14.0 Å². The maximum Gasteiger partial charge on any atom is 0.263 e. The quantitative estimate of drug-likeness (QED) is 0.455. The number of benzene rings is 2. The molecule has 0 aliphatic heterocycles. The molecule has 0 saturated carbocycles. The summed E-state index contributed by atoms with van der Waals surface area (Å²) >= 11 is 0. The number of halogens is 1. The van der Waals surface area contributed by atoms with Crippen LogP contribution < -0.4 is 15.6 Å². The van der Waals surface area contributed by atoms with E-state index in [0.717, 1.165) is 11.3 Å². The van der Waals surface area contributed by atoms with E-state index in [1.165, 1.54) is 23.0 Å². The molecule has 0 unspecified atom stereocenters. The highest BCUT2D eigenvalue weighted by Crippen LogP contribution is 2.26. The van der Waals surface area contributed by atoms with Crippen LogP contribution in [0.4, 0.5) is 10.1 Å². The summed E-state index contributed by atoms with van der Waals surface area (Å²) in [6, 6.07) is 13.4. The zero-order chi connectivity index (χ0) is 23.5. The second-order valence-electron chi connectivity index (χ2n) is 7.69. The van der Waals surface area contributed by atoms with Crippen LogP contribution >= 0.6 is 0 Å². The fraction of sp³-hybridized carbons (Fsp3) is 0.240. The molecule has 0 atom stereocenters. The number of ether oxygens (including phenoxy) is 1. The van der Waals surface area contributed by atoms with Crippen LogP contribution in [0.5, 0.6) is 5.75 Å². The molecule has 7 nitrogen and oxygen atoms in total. The number of anilines is 1. The van der Waals surface area contributed by atoms with E-state index >= 15 is 0 Å². The van der Waals surface area contributed by atoms with E-state index in [2.05, 4.69) is 10.3 Å². The molecule has 0 bridgehead atoms. The second kappa shape index (κ2) is 9.28. The van der Waals surface area contributed by atoms with Crippen LogP contribution in [-0.2, 0) is 11.3 Å². The lowest BCUT2D eigenvalue weighted by atomic mass is 10.2. The van der Waals surface area contributed by atoms with Gasteiger partial charge in [0, 0.05) is 18.7 Å². The Morgan fingerprint density at radius 1 is 1.15 bits per heavy atom. The topological polar surface area (TPSA) is 78.2 Å². The van der Waals surface area contributed by atoms with Gasteiger partial charge in [-0.25, -0.2) is 9.37 Å². The molecule has 0 saturated heterocycles. The Labute approximate surface area is 190 Å². The van der Waals surface area contributed by atoms with Crippen molar-refractivity contribution >= 4 is 22.6 Å². The van der Waals surface area contributed by atoms with Crippen molar-refractivity contribution in [2.45, 2.75) is 33.7 Å². The van der Waals surface area contributed by atoms with Gasteiger partial charge in [0.25, 0.3) is 5.56 Å². The summed E-state index contributed by atoms with van der Waals surface area (Å²) in [6.45, 7) is 6.25. The number of nitrogens with zero attached hydrogens (tertiary/aromatic N) is 3. The number of carbonyl (C=O) groups excluding carboxylic acids is 1. The van der Waals surface area contributed by atoms with Gasteiger partial charge >= 0.3 is 0 Å². The molecule has 1 amide bonds. The molecular formula is C25H25FN4O3. The molecular weight excluding hydrogens is 423 g/mol. The number of nitrogens with one attached hydrogen (secondary N) is 1. The number of para-hydroxylation sites is 2. The number of fused-ring (bicyclic) bond motifs is 1. The van der Waals surface area contributed by atoms with E-state index in [1.807, 2.05) is 32.9 Å². The maximum atomic E-state index is 13.8. The van der Waals surface area contributed by atoms with Crippen LogP contribution in [0.25, 0.3) is 16.7 Å².